The number of piperazine rings is 1. The van der Waals surface area contributed by atoms with Crippen molar-refractivity contribution in [2.45, 2.75) is 107 Å². The summed E-state index contributed by atoms with van der Waals surface area (Å²) in [6.07, 6.45) is 6.02. The smallest absolute Gasteiger partial charge is 0.264 e. The van der Waals surface area contributed by atoms with Crippen molar-refractivity contribution in [2.75, 3.05) is 27.2 Å². The fourth-order valence-corrected chi connectivity index (χ4v) is 11.7. The van der Waals surface area contributed by atoms with Crippen LogP contribution in [0.3, 0.4) is 0 Å². The van der Waals surface area contributed by atoms with Crippen LogP contribution in [0, 0.1) is 0 Å². The van der Waals surface area contributed by atoms with Crippen LogP contribution in [-0.4, -0.2) is 85.8 Å². The summed E-state index contributed by atoms with van der Waals surface area (Å²) in [6, 6.07) is 11.6. The van der Waals surface area contributed by atoms with Crippen LogP contribution in [0.5, 0.6) is 5.75 Å². The van der Waals surface area contributed by atoms with Gasteiger partial charge in [0.15, 0.2) is 0 Å². The molecule has 1 amide bonds. The lowest BCUT2D eigenvalue weighted by Crippen LogP contribution is -2.58. The molecule has 260 valence electrons. The minimum atomic E-state index is -3.84. The van der Waals surface area contributed by atoms with Crippen LogP contribution in [0.2, 0.25) is 0 Å². The van der Waals surface area contributed by atoms with E-state index >= 15 is 8.42 Å². The topological polar surface area (TPSA) is 118 Å². The Hall–Kier alpha value is -2.93. The van der Waals surface area contributed by atoms with Crippen LogP contribution in [0.4, 0.5) is 0 Å². The van der Waals surface area contributed by atoms with E-state index in [2.05, 4.69) is 41.2 Å². The molecule has 1 saturated heterocycles. The molecule has 2 aromatic carbocycles. The Morgan fingerprint density at radius 1 is 0.979 bits per heavy atom. The SMILES string of the molecule is COc1ccc2c(c1)C1CC1(S(=O)(=O)N1C[C@@H](C)N(C)[C@@H](C)C1)Cn1c-2c(C2CCCCC2)c2ccc(C(=O)NS(=O)(=O)C(C)C)cc21. The van der Waals surface area contributed by atoms with Crippen molar-refractivity contribution < 1.29 is 26.4 Å². The predicted octanol–water partition coefficient (Wildman–Crippen LogP) is 5.43. The van der Waals surface area contributed by atoms with E-state index in [0.29, 0.717) is 25.3 Å². The maximum absolute atomic E-state index is 15.0. The molecule has 3 fully saturated rings. The predicted molar refractivity (Wildman–Crippen MR) is 189 cm³/mol. The van der Waals surface area contributed by atoms with Crippen molar-refractivity contribution in [3.63, 3.8) is 0 Å². The van der Waals surface area contributed by atoms with Crippen molar-refractivity contribution in [3.8, 4) is 17.0 Å². The van der Waals surface area contributed by atoms with Crippen LogP contribution in [0.25, 0.3) is 22.2 Å². The van der Waals surface area contributed by atoms with Gasteiger partial charge in [0, 0.05) is 59.7 Å². The standard InChI is InChI=1S/C36H48N4O6S2/c1-22(2)47(42,43)37-35(41)26-12-14-29-32(16-26)40-21-36(48(44,45)39-19-23(3)38(5)24(4)20-39)18-31(36)30-17-27(46-6)13-15-28(30)34(40)33(29)25-10-8-7-9-11-25/h12-17,22-25,31H,7-11,18-21H2,1-6H3,(H,37,41)/t23-,24+,31?,36?. The Morgan fingerprint density at radius 3 is 2.31 bits per heavy atom. The number of nitrogens with one attached hydrogen (secondary N) is 1. The lowest BCUT2D eigenvalue weighted by molar-refractivity contribution is 0.0981. The Bertz CT molecular complexity index is 1990. The Kier molecular flexibility index (Phi) is 8.28. The number of hydrogen-bond acceptors (Lipinski definition) is 7. The highest BCUT2D eigenvalue weighted by Gasteiger charge is 2.68. The van der Waals surface area contributed by atoms with Crippen molar-refractivity contribution in [2.24, 2.45) is 0 Å². The molecule has 4 aliphatic rings. The summed E-state index contributed by atoms with van der Waals surface area (Å²) in [6.45, 7) is 8.33. The lowest BCUT2D eigenvalue weighted by atomic mass is 9.81. The Labute approximate surface area is 284 Å². The molecule has 1 aromatic heterocycles. The molecule has 3 heterocycles. The van der Waals surface area contributed by atoms with Crippen molar-refractivity contribution in [3.05, 3.63) is 53.1 Å². The highest BCUT2D eigenvalue weighted by molar-refractivity contribution is 7.91. The van der Waals surface area contributed by atoms with Crippen LogP contribution >= 0.6 is 0 Å². The Balaban J connectivity index is 1.45. The third-order valence-electron chi connectivity index (χ3n) is 11.8. The second-order valence-electron chi connectivity index (χ2n) is 14.9. The molecular weight excluding hydrogens is 649 g/mol. The minimum Gasteiger partial charge on any atom is -0.497 e. The molecule has 12 heteroatoms. The first-order valence-electron chi connectivity index (χ1n) is 17.3. The number of likely N-dealkylation sites (N-methyl/N-ethyl adjacent to an activating group) is 1. The number of rotatable bonds is 7. The second-order valence-corrected chi connectivity index (χ2v) is 19.4. The molecule has 3 aromatic rings. The summed E-state index contributed by atoms with van der Waals surface area (Å²) in [7, 11) is -3.94. The van der Waals surface area contributed by atoms with Gasteiger partial charge in [0.1, 0.15) is 10.5 Å². The van der Waals surface area contributed by atoms with Crippen molar-refractivity contribution >= 4 is 36.9 Å². The van der Waals surface area contributed by atoms with E-state index in [1.165, 1.54) is 25.8 Å². The number of benzene rings is 2. The van der Waals surface area contributed by atoms with Gasteiger partial charge in [-0.1, -0.05) is 25.3 Å². The second kappa shape index (κ2) is 11.8. The zero-order chi connectivity index (χ0) is 34.3. The molecular formula is C36H48N4O6S2. The largest absolute Gasteiger partial charge is 0.497 e. The quantitative estimate of drug-likeness (QED) is 0.350. The number of aromatic nitrogens is 1. The number of nitrogens with zero attached hydrogens (tertiary/aromatic N) is 3. The molecule has 2 aliphatic carbocycles. The highest BCUT2D eigenvalue weighted by atomic mass is 32.2. The van der Waals surface area contributed by atoms with Crippen LogP contribution < -0.4 is 9.46 Å². The molecule has 2 saturated carbocycles. The summed E-state index contributed by atoms with van der Waals surface area (Å²) >= 11 is 0. The summed E-state index contributed by atoms with van der Waals surface area (Å²) in [4.78, 5) is 15.6. The third kappa shape index (κ3) is 5.20. The van der Waals surface area contributed by atoms with Gasteiger partial charge in [0.2, 0.25) is 20.0 Å². The molecule has 0 spiro atoms. The number of sulfonamides is 2. The molecule has 1 N–H and O–H groups in total. The number of hydrogen-bond donors (Lipinski definition) is 1. The summed E-state index contributed by atoms with van der Waals surface area (Å²) in [5.74, 6) is 0.0820. The number of amides is 1. The summed E-state index contributed by atoms with van der Waals surface area (Å²) < 4.78 is 66.0. The molecule has 2 aliphatic heterocycles. The van der Waals surface area contributed by atoms with E-state index in [9.17, 15) is 13.2 Å². The maximum atomic E-state index is 15.0. The van der Waals surface area contributed by atoms with Crippen LogP contribution in [0.15, 0.2) is 36.4 Å². The molecule has 10 nitrogen and oxygen atoms in total. The van der Waals surface area contributed by atoms with Gasteiger partial charge in [0.25, 0.3) is 5.91 Å². The molecule has 7 rings (SSSR count). The fourth-order valence-electron chi connectivity index (χ4n) is 8.55. The van der Waals surface area contributed by atoms with Crippen LogP contribution in [0.1, 0.15) is 99.5 Å². The van der Waals surface area contributed by atoms with E-state index in [4.69, 9.17) is 4.74 Å². The van der Waals surface area contributed by atoms with Crippen LogP contribution in [-0.2, 0) is 26.6 Å². The van der Waals surface area contributed by atoms with Gasteiger partial charge in [0.05, 0.1) is 18.1 Å². The summed E-state index contributed by atoms with van der Waals surface area (Å²) in [5.41, 5.74) is 5.22. The molecule has 0 radical (unpaired) electrons. The molecule has 48 heavy (non-hydrogen) atoms. The van der Waals surface area contributed by atoms with E-state index in [0.717, 1.165) is 53.4 Å². The van der Waals surface area contributed by atoms with Gasteiger partial charge in [-0.05, 0) is 101 Å². The van der Waals surface area contributed by atoms with E-state index in [1.54, 1.807) is 23.5 Å². The molecule has 4 atom stereocenters. The first kappa shape index (κ1) is 33.6. The average Bonchev–Trinajstić information content (AvgIpc) is 3.74. The third-order valence-corrected chi connectivity index (χ3v) is 16.1. The highest BCUT2D eigenvalue weighted by Crippen LogP contribution is 2.64. The number of fused-ring (bicyclic) bond motifs is 7. The zero-order valence-corrected chi connectivity index (χ0v) is 30.5. The van der Waals surface area contributed by atoms with Gasteiger partial charge >= 0.3 is 0 Å². The van der Waals surface area contributed by atoms with E-state index in [1.807, 2.05) is 18.2 Å². The molecule has 2 unspecified atom stereocenters. The van der Waals surface area contributed by atoms with Gasteiger partial charge in [-0.2, -0.15) is 4.31 Å². The van der Waals surface area contributed by atoms with Gasteiger partial charge in [-0.25, -0.2) is 21.6 Å². The minimum absolute atomic E-state index is 0.0827. The number of carbonyl (C=O) groups is 1. The van der Waals surface area contributed by atoms with Crippen molar-refractivity contribution in [1.29, 1.82) is 0 Å². The van der Waals surface area contributed by atoms with Gasteiger partial charge in [-0.15, -0.1) is 0 Å². The molecule has 0 bridgehead atoms. The lowest BCUT2D eigenvalue weighted by Gasteiger charge is -2.43. The monoisotopic (exact) mass is 696 g/mol. The fraction of sp³-hybridized carbons (Fsp3) is 0.583. The zero-order valence-electron chi connectivity index (χ0n) is 28.8. The van der Waals surface area contributed by atoms with E-state index in [-0.39, 0.29) is 36.0 Å². The van der Waals surface area contributed by atoms with Gasteiger partial charge in [-0.3, -0.25) is 9.69 Å². The average molecular weight is 697 g/mol. The normalized spacial score (nSPS) is 26.9. The number of methoxy groups -OCH3 is 1. The first-order chi connectivity index (χ1) is 22.7. The number of carbonyl (C=O) groups excluding carboxylic acids is 1. The first-order valence-corrected chi connectivity index (χ1v) is 20.3. The maximum Gasteiger partial charge on any atom is 0.264 e. The van der Waals surface area contributed by atoms with E-state index < -0.39 is 36.0 Å². The summed E-state index contributed by atoms with van der Waals surface area (Å²) in [5, 5.41) is 0.230. The van der Waals surface area contributed by atoms with Gasteiger partial charge < -0.3 is 9.30 Å². The number of ether oxygens (including phenoxy) is 1. The van der Waals surface area contributed by atoms with Crippen molar-refractivity contribution in [1.82, 2.24) is 18.5 Å². The Morgan fingerprint density at radius 2 is 1.67 bits per heavy atom.